The SMILES string of the molecule is NC(=O)[C@H](Cc1cccc(OCc2ccccc2)c1)NC(=O)c1ccnc2ccccc12. The zero-order valence-electron chi connectivity index (χ0n) is 17.4. The summed E-state index contributed by atoms with van der Waals surface area (Å²) in [7, 11) is 0. The number of para-hydroxylation sites is 1. The number of nitrogens with zero attached hydrogens (tertiary/aromatic N) is 1. The molecule has 2 amide bonds. The molecule has 0 bridgehead atoms. The number of carbonyl (C=O) groups excluding carboxylic acids is 2. The van der Waals surface area contributed by atoms with Crippen molar-refractivity contribution in [1.29, 1.82) is 0 Å². The standard InChI is InChI=1S/C26H23N3O3/c27-25(30)24(29-26(31)22-13-14-28-23-12-5-4-11-21(22)23)16-19-9-6-10-20(15-19)32-17-18-7-2-1-3-8-18/h1-15,24H,16-17H2,(H2,27,30)(H,29,31)/t24-/m0/s1. The lowest BCUT2D eigenvalue weighted by Crippen LogP contribution is -2.45. The fraction of sp³-hybridized carbons (Fsp3) is 0.115. The van der Waals surface area contributed by atoms with Crippen molar-refractivity contribution in [3.63, 3.8) is 0 Å². The molecule has 0 saturated carbocycles. The van der Waals surface area contributed by atoms with Gasteiger partial charge in [-0.3, -0.25) is 14.6 Å². The molecule has 0 fully saturated rings. The summed E-state index contributed by atoms with van der Waals surface area (Å²) in [5.74, 6) is -0.294. The van der Waals surface area contributed by atoms with Gasteiger partial charge < -0.3 is 15.8 Å². The molecule has 3 N–H and O–H groups in total. The number of fused-ring (bicyclic) bond motifs is 1. The molecule has 0 spiro atoms. The van der Waals surface area contributed by atoms with Crippen molar-refractivity contribution in [3.05, 3.63) is 108 Å². The Bertz CT molecular complexity index is 1240. The van der Waals surface area contributed by atoms with E-state index in [1.165, 1.54) is 0 Å². The van der Waals surface area contributed by atoms with Crippen molar-refractivity contribution < 1.29 is 14.3 Å². The van der Waals surface area contributed by atoms with E-state index in [0.717, 1.165) is 11.1 Å². The van der Waals surface area contributed by atoms with E-state index < -0.39 is 11.9 Å². The van der Waals surface area contributed by atoms with Gasteiger partial charge in [-0.2, -0.15) is 0 Å². The van der Waals surface area contributed by atoms with Crippen LogP contribution in [0, 0.1) is 0 Å². The Kier molecular flexibility index (Phi) is 6.41. The smallest absolute Gasteiger partial charge is 0.252 e. The zero-order valence-corrected chi connectivity index (χ0v) is 17.4. The van der Waals surface area contributed by atoms with Crippen LogP contribution in [-0.2, 0) is 17.8 Å². The molecule has 6 nitrogen and oxygen atoms in total. The van der Waals surface area contributed by atoms with Gasteiger partial charge in [0.1, 0.15) is 18.4 Å². The highest BCUT2D eigenvalue weighted by Gasteiger charge is 2.21. The molecule has 1 atom stereocenters. The summed E-state index contributed by atoms with van der Waals surface area (Å²) in [4.78, 5) is 29.3. The maximum atomic E-state index is 12.9. The van der Waals surface area contributed by atoms with Gasteiger partial charge in [-0.15, -0.1) is 0 Å². The van der Waals surface area contributed by atoms with Crippen LogP contribution in [-0.4, -0.2) is 22.8 Å². The third kappa shape index (κ3) is 5.10. The van der Waals surface area contributed by atoms with Crippen molar-refractivity contribution in [1.82, 2.24) is 10.3 Å². The first-order valence-corrected chi connectivity index (χ1v) is 10.3. The predicted octanol–water partition coefficient (Wildman–Crippen LogP) is 3.64. The highest BCUT2D eigenvalue weighted by atomic mass is 16.5. The lowest BCUT2D eigenvalue weighted by molar-refractivity contribution is -0.119. The van der Waals surface area contributed by atoms with E-state index in [4.69, 9.17) is 10.5 Å². The van der Waals surface area contributed by atoms with Crippen molar-refractivity contribution in [2.45, 2.75) is 19.1 Å². The first-order valence-electron chi connectivity index (χ1n) is 10.3. The lowest BCUT2D eigenvalue weighted by atomic mass is 10.0. The summed E-state index contributed by atoms with van der Waals surface area (Å²) in [5, 5.41) is 3.48. The molecule has 3 aromatic carbocycles. The summed E-state index contributed by atoms with van der Waals surface area (Å²) >= 11 is 0. The first-order chi connectivity index (χ1) is 15.6. The minimum atomic E-state index is -0.862. The van der Waals surface area contributed by atoms with Gasteiger partial charge in [0, 0.05) is 18.0 Å². The second-order valence-electron chi connectivity index (χ2n) is 7.43. The van der Waals surface area contributed by atoms with Gasteiger partial charge in [-0.1, -0.05) is 60.7 Å². The van der Waals surface area contributed by atoms with Gasteiger partial charge in [-0.25, -0.2) is 0 Å². The van der Waals surface area contributed by atoms with Gasteiger partial charge in [-0.05, 0) is 35.4 Å². The van der Waals surface area contributed by atoms with Crippen LogP contribution in [0.3, 0.4) is 0 Å². The fourth-order valence-electron chi connectivity index (χ4n) is 3.49. The van der Waals surface area contributed by atoms with Crippen LogP contribution in [0.5, 0.6) is 5.75 Å². The largest absolute Gasteiger partial charge is 0.489 e. The molecule has 0 aliphatic carbocycles. The number of rotatable bonds is 8. The molecule has 1 aromatic heterocycles. The highest BCUT2D eigenvalue weighted by molar-refractivity contribution is 6.07. The van der Waals surface area contributed by atoms with Crippen LogP contribution in [0.4, 0.5) is 0 Å². The maximum absolute atomic E-state index is 12.9. The monoisotopic (exact) mass is 425 g/mol. The Morgan fingerprint density at radius 3 is 2.47 bits per heavy atom. The number of nitrogens with one attached hydrogen (secondary N) is 1. The summed E-state index contributed by atoms with van der Waals surface area (Å²) in [6.07, 6.45) is 1.83. The van der Waals surface area contributed by atoms with Gasteiger partial charge >= 0.3 is 0 Å². The summed E-state index contributed by atoms with van der Waals surface area (Å²) in [6, 6.07) is 25.4. The molecule has 0 aliphatic heterocycles. The molecule has 0 saturated heterocycles. The van der Waals surface area contributed by atoms with Gasteiger partial charge in [0.25, 0.3) is 5.91 Å². The van der Waals surface area contributed by atoms with Crippen LogP contribution in [0.1, 0.15) is 21.5 Å². The number of nitrogens with two attached hydrogens (primary N) is 1. The quantitative estimate of drug-likeness (QED) is 0.451. The number of pyridine rings is 1. The van der Waals surface area contributed by atoms with E-state index in [0.29, 0.717) is 28.8 Å². The minimum Gasteiger partial charge on any atom is -0.489 e. The molecule has 6 heteroatoms. The Hall–Kier alpha value is -4.19. The van der Waals surface area contributed by atoms with Crippen LogP contribution < -0.4 is 15.8 Å². The number of hydrogen-bond donors (Lipinski definition) is 2. The molecule has 4 rings (SSSR count). The molecule has 4 aromatic rings. The predicted molar refractivity (Wildman–Crippen MR) is 123 cm³/mol. The summed E-state index contributed by atoms with van der Waals surface area (Å²) < 4.78 is 5.86. The van der Waals surface area contributed by atoms with Crippen LogP contribution >= 0.6 is 0 Å². The molecule has 0 radical (unpaired) electrons. The van der Waals surface area contributed by atoms with Crippen LogP contribution in [0.2, 0.25) is 0 Å². The van der Waals surface area contributed by atoms with E-state index in [1.54, 1.807) is 12.3 Å². The first kappa shape index (κ1) is 21.1. The number of benzene rings is 3. The zero-order chi connectivity index (χ0) is 22.3. The van der Waals surface area contributed by atoms with Crippen molar-refractivity contribution in [3.8, 4) is 5.75 Å². The molecule has 160 valence electrons. The third-order valence-corrected chi connectivity index (χ3v) is 5.13. The normalized spacial score (nSPS) is 11.6. The number of amides is 2. The second kappa shape index (κ2) is 9.75. The number of primary amides is 1. The van der Waals surface area contributed by atoms with E-state index in [-0.39, 0.29) is 12.3 Å². The van der Waals surface area contributed by atoms with Crippen molar-refractivity contribution in [2.24, 2.45) is 5.73 Å². The van der Waals surface area contributed by atoms with Gasteiger partial charge in [0.05, 0.1) is 11.1 Å². The van der Waals surface area contributed by atoms with Crippen molar-refractivity contribution >= 4 is 22.7 Å². The maximum Gasteiger partial charge on any atom is 0.252 e. The van der Waals surface area contributed by atoms with Crippen LogP contribution in [0.15, 0.2) is 91.1 Å². The lowest BCUT2D eigenvalue weighted by Gasteiger charge is -2.17. The van der Waals surface area contributed by atoms with Gasteiger partial charge in [0.2, 0.25) is 5.91 Å². The van der Waals surface area contributed by atoms with E-state index >= 15 is 0 Å². The Labute approximate surface area is 186 Å². The third-order valence-electron chi connectivity index (χ3n) is 5.13. The van der Waals surface area contributed by atoms with Crippen molar-refractivity contribution in [2.75, 3.05) is 0 Å². The Morgan fingerprint density at radius 2 is 1.66 bits per heavy atom. The fourth-order valence-corrected chi connectivity index (χ4v) is 3.49. The molecule has 0 aliphatic rings. The number of carbonyl (C=O) groups is 2. The Balaban J connectivity index is 1.46. The minimum absolute atomic E-state index is 0.257. The topological polar surface area (TPSA) is 94.3 Å². The molecular weight excluding hydrogens is 402 g/mol. The highest BCUT2D eigenvalue weighted by Crippen LogP contribution is 2.18. The average Bonchev–Trinajstić information content (AvgIpc) is 2.83. The van der Waals surface area contributed by atoms with Crippen LogP contribution in [0.25, 0.3) is 10.9 Å². The number of aromatic nitrogens is 1. The summed E-state index contributed by atoms with van der Waals surface area (Å²) in [6.45, 7) is 0.440. The average molecular weight is 425 g/mol. The van der Waals surface area contributed by atoms with E-state index in [2.05, 4.69) is 10.3 Å². The number of ether oxygens (including phenoxy) is 1. The summed E-state index contributed by atoms with van der Waals surface area (Å²) in [5.41, 5.74) is 8.65. The van der Waals surface area contributed by atoms with Gasteiger partial charge in [0.15, 0.2) is 0 Å². The molecular formula is C26H23N3O3. The van der Waals surface area contributed by atoms with E-state index in [9.17, 15) is 9.59 Å². The Morgan fingerprint density at radius 1 is 0.906 bits per heavy atom. The molecule has 0 unspecified atom stereocenters. The molecule has 32 heavy (non-hydrogen) atoms. The number of hydrogen-bond acceptors (Lipinski definition) is 4. The second-order valence-corrected chi connectivity index (χ2v) is 7.43. The molecule has 1 heterocycles. The van der Waals surface area contributed by atoms with E-state index in [1.807, 2.05) is 78.9 Å².